The third-order valence-electron chi connectivity index (χ3n) is 2.51. The number of aromatic amines is 1. The summed E-state index contributed by atoms with van der Waals surface area (Å²) in [6, 6.07) is 5.03. The van der Waals surface area contributed by atoms with Crippen molar-refractivity contribution < 1.29 is 8.42 Å². The molecule has 18 heavy (non-hydrogen) atoms. The van der Waals surface area contributed by atoms with E-state index in [0.717, 1.165) is 5.56 Å². The first-order valence-electron chi connectivity index (χ1n) is 5.34. The van der Waals surface area contributed by atoms with Gasteiger partial charge in [-0.25, -0.2) is 8.42 Å². The van der Waals surface area contributed by atoms with Gasteiger partial charge in [0.25, 0.3) is 10.0 Å². The van der Waals surface area contributed by atoms with Crippen LogP contribution < -0.4 is 10.5 Å². The molecule has 1 heterocycles. The molecular weight excluding hydrogens is 252 g/mol. The van der Waals surface area contributed by atoms with E-state index in [0.29, 0.717) is 17.8 Å². The van der Waals surface area contributed by atoms with Gasteiger partial charge < -0.3 is 5.73 Å². The normalized spacial score (nSPS) is 11.4. The molecule has 4 N–H and O–H groups in total. The fraction of sp³-hybridized carbons (Fsp3) is 0.182. The molecule has 0 bridgehead atoms. The van der Waals surface area contributed by atoms with Gasteiger partial charge in [-0.15, -0.1) is 0 Å². The molecule has 0 radical (unpaired) electrons. The standard InChI is InChI=1S/C11H14N4O2S/c1-8-4-9(5-12)2-3-11(8)18(16,17)15-10-6-13-14-7-10/h2-4,6-7,15H,5,12H2,1H3,(H,13,14). The Hall–Kier alpha value is -1.86. The van der Waals surface area contributed by atoms with Crippen molar-refractivity contribution >= 4 is 15.7 Å². The van der Waals surface area contributed by atoms with Gasteiger partial charge in [-0.3, -0.25) is 9.82 Å². The van der Waals surface area contributed by atoms with Crippen LogP contribution in [0.1, 0.15) is 11.1 Å². The van der Waals surface area contributed by atoms with Gasteiger partial charge in [0.05, 0.1) is 16.8 Å². The number of H-pyrrole nitrogens is 1. The molecule has 0 saturated heterocycles. The summed E-state index contributed by atoms with van der Waals surface area (Å²) in [7, 11) is -3.59. The lowest BCUT2D eigenvalue weighted by Crippen LogP contribution is -2.14. The average Bonchev–Trinajstić information content (AvgIpc) is 2.80. The number of aryl methyl sites for hydroxylation is 1. The molecule has 6 nitrogen and oxygen atoms in total. The summed E-state index contributed by atoms with van der Waals surface area (Å²) in [4.78, 5) is 0.237. The largest absolute Gasteiger partial charge is 0.326 e. The molecule has 96 valence electrons. The van der Waals surface area contributed by atoms with Crippen LogP contribution in [0.25, 0.3) is 0 Å². The number of nitrogens with one attached hydrogen (secondary N) is 2. The van der Waals surface area contributed by atoms with Crippen molar-refractivity contribution in [1.29, 1.82) is 0 Å². The van der Waals surface area contributed by atoms with Gasteiger partial charge in [-0.1, -0.05) is 12.1 Å². The first-order valence-corrected chi connectivity index (χ1v) is 6.82. The van der Waals surface area contributed by atoms with E-state index >= 15 is 0 Å². The second-order valence-electron chi connectivity index (χ2n) is 3.90. The minimum Gasteiger partial charge on any atom is -0.326 e. The van der Waals surface area contributed by atoms with E-state index in [9.17, 15) is 8.42 Å². The Kier molecular flexibility index (Phi) is 3.35. The summed E-state index contributed by atoms with van der Waals surface area (Å²) in [5, 5.41) is 6.22. The van der Waals surface area contributed by atoms with Gasteiger partial charge in [-0.2, -0.15) is 5.10 Å². The monoisotopic (exact) mass is 266 g/mol. The Morgan fingerprint density at radius 3 is 2.78 bits per heavy atom. The van der Waals surface area contributed by atoms with Crippen molar-refractivity contribution in [3.05, 3.63) is 41.7 Å². The molecule has 0 aliphatic rings. The van der Waals surface area contributed by atoms with Crippen molar-refractivity contribution in [3.8, 4) is 0 Å². The molecule has 0 unspecified atom stereocenters. The van der Waals surface area contributed by atoms with Gasteiger partial charge >= 0.3 is 0 Å². The molecule has 0 aliphatic heterocycles. The van der Waals surface area contributed by atoms with Gasteiger partial charge in [0.2, 0.25) is 0 Å². The van der Waals surface area contributed by atoms with E-state index in [4.69, 9.17) is 5.73 Å². The molecule has 0 fully saturated rings. The van der Waals surface area contributed by atoms with E-state index in [-0.39, 0.29) is 4.90 Å². The van der Waals surface area contributed by atoms with Crippen molar-refractivity contribution in [1.82, 2.24) is 10.2 Å². The fourth-order valence-electron chi connectivity index (χ4n) is 1.66. The molecular formula is C11H14N4O2S. The van der Waals surface area contributed by atoms with Crippen LogP contribution in [0.5, 0.6) is 0 Å². The van der Waals surface area contributed by atoms with Crippen molar-refractivity contribution in [2.24, 2.45) is 5.73 Å². The number of rotatable bonds is 4. The topological polar surface area (TPSA) is 101 Å². The van der Waals surface area contributed by atoms with Crippen LogP contribution in [0.15, 0.2) is 35.5 Å². The summed E-state index contributed by atoms with van der Waals surface area (Å²) >= 11 is 0. The summed E-state index contributed by atoms with van der Waals surface area (Å²) in [6.07, 6.45) is 2.88. The lowest BCUT2D eigenvalue weighted by molar-refractivity contribution is 0.600. The number of hydrogen-bond donors (Lipinski definition) is 3. The van der Waals surface area contributed by atoms with Crippen molar-refractivity contribution in [2.75, 3.05) is 4.72 Å². The maximum atomic E-state index is 12.1. The smallest absolute Gasteiger partial charge is 0.262 e. The van der Waals surface area contributed by atoms with Crippen LogP contribution in [-0.2, 0) is 16.6 Å². The Morgan fingerprint density at radius 1 is 1.44 bits per heavy atom. The lowest BCUT2D eigenvalue weighted by Gasteiger charge is -2.09. The first-order chi connectivity index (χ1) is 8.53. The minimum absolute atomic E-state index is 0.237. The summed E-state index contributed by atoms with van der Waals surface area (Å²) < 4.78 is 26.7. The number of aromatic nitrogens is 2. The number of benzene rings is 1. The maximum Gasteiger partial charge on any atom is 0.262 e. The quantitative estimate of drug-likeness (QED) is 0.767. The third kappa shape index (κ3) is 2.52. The Morgan fingerprint density at radius 2 is 2.22 bits per heavy atom. The molecule has 0 saturated carbocycles. The van der Waals surface area contributed by atoms with Crippen LogP contribution in [0.3, 0.4) is 0 Å². The van der Waals surface area contributed by atoms with Crippen molar-refractivity contribution in [3.63, 3.8) is 0 Å². The summed E-state index contributed by atoms with van der Waals surface area (Å²) in [5.74, 6) is 0. The Labute approximate surface area is 105 Å². The third-order valence-corrected chi connectivity index (χ3v) is 4.06. The lowest BCUT2D eigenvalue weighted by atomic mass is 10.1. The average molecular weight is 266 g/mol. The number of nitrogens with zero attached hydrogens (tertiary/aromatic N) is 1. The highest BCUT2D eigenvalue weighted by molar-refractivity contribution is 7.92. The zero-order valence-corrected chi connectivity index (χ0v) is 10.7. The maximum absolute atomic E-state index is 12.1. The van der Waals surface area contributed by atoms with Gasteiger partial charge in [0.15, 0.2) is 0 Å². The van der Waals surface area contributed by atoms with Gasteiger partial charge in [-0.05, 0) is 24.1 Å². The second-order valence-corrected chi connectivity index (χ2v) is 5.55. The van der Waals surface area contributed by atoms with Gasteiger partial charge in [0.1, 0.15) is 0 Å². The molecule has 2 aromatic rings. The first kappa shape index (κ1) is 12.6. The Balaban J connectivity index is 2.35. The number of nitrogens with two attached hydrogens (primary N) is 1. The van der Waals surface area contributed by atoms with E-state index < -0.39 is 10.0 Å². The predicted molar refractivity (Wildman–Crippen MR) is 68.5 cm³/mol. The molecule has 1 aromatic carbocycles. The van der Waals surface area contributed by atoms with Crippen LogP contribution in [-0.4, -0.2) is 18.6 Å². The summed E-state index contributed by atoms with van der Waals surface area (Å²) in [6.45, 7) is 2.12. The zero-order chi connectivity index (χ0) is 13.2. The fourth-order valence-corrected chi connectivity index (χ4v) is 2.92. The SMILES string of the molecule is Cc1cc(CN)ccc1S(=O)(=O)Nc1cn[nH]c1. The van der Waals surface area contributed by atoms with Crippen LogP contribution in [0.4, 0.5) is 5.69 Å². The van der Waals surface area contributed by atoms with E-state index in [1.165, 1.54) is 12.4 Å². The molecule has 2 rings (SSSR count). The highest BCUT2D eigenvalue weighted by Gasteiger charge is 2.17. The molecule has 7 heteroatoms. The van der Waals surface area contributed by atoms with E-state index in [1.54, 1.807) is 25.1 Å². The van der Waals surface area contributed by atoms with Crippen LogP contribution in [0.2, 0.25) is 0 Å². The van der Waals surface area contributed by atoms with Crippen LogP contribution >= 0.6 is 0 Å². The minimum atomic E-state index is -3.59. The number of sulfonamides is 1. The van der Waals surface area contributed by atoms with Crippen molar-refractivity contribution in [2.45, 2.75) is 18.4 Å². The van der Waals surface area contributed by atoms with E-state index in [2.05, 4.69) is 14.9 Å². The Bertz CT molecular complexity index is 635. The predicted octanol–water partition coefficient (Wildman–Crippen LogP) is 0.978. The molecule has 1 aromatic heterocycles. The highest BCUT2D eigenvalue weighted by atomic mass is 32.2. The molecule has 0 spiro atoms. The number of anilines is 1. The highest BCUT2D eigenvalue weighted by Crippen LogP contribution is 2.19. The zero-order valence-electron chi connectivity index (χ0n) is 9.84. The summed E-state index contributed by atoms with van der Waals surface area (Å²) in [5.41, 5.74) is 7.47. The second kappa shape index (κ2) is 4.79. The molecule has 0 amide bonds. The van der Waals surface area contributed by atoms with E-state index in [1.807, 2.05) is 0 Å². The number of hydrogen-bond acceptors (Lipinski definition) is 4. The molecule has 0 atom stereocenters. The van der Waals surface area contributed by atoms with Gasteiger partial charge in [0, 0.05) is 12.7 Å². The molecule has 0 aliphatic carbocycles. The van der Waals surface area contributed by atoms with Crippen LogP contribution in [0, 0.1) is 6.92 Å².